The number of aromatic nitrogens is 3. The van der Waals surface area contributed by atoms with Crippen LogP contribution in [0.25, 0.3) is 11.4 Å². The van der Waals surface area contributed by atoms with Crippen LogP contribution in [-0.4, -0.2) is 58.4 Å². The summed E-state index contributed by atoms with van der Waals surface area (Å²) in [7, 11) is 0. The van der Waals surface area contributed by atoms with E-state index in [0.717, 1.165) is 56.0 Å². The van der Waals surface area contributed by atoms with Crippen molar-refractivity contribution in [2.75, 3.05) is 31.1 Å². The summed E-state index contributed by atoms with van der Waals surface area (Å²) < 4.78 is 10.9. The largest absolute Gasteiger partial charge is 0.446 e. The molecule has 1 saturated heterocycles. The molecule has 3 fully saturated rings. The van der Waals surface area contributed by atoms with Gasteiger partial charge in [-0.15, -0.1) is 0 Å². The summed E-state index contributed by atoms with van der Waals surface area (Å²) in [6, 6.07) is 3.96. The maximum atomic E-state index is 12.3. The fraction of sp³-hybridized carbons (Fsp3) is 0.600. The molecule has 3 heterocycles. The van der Waals surface area contributed by atoms with Gasteiger partial charge in [0.1, 0.15) is 11.9 Å². The van der Waals surface area contributed by atoms with Gasteiger partial charge in [0.15, 0.2) is 0 Å². The summed E-state index contributed by atoms with van der Waals surface area (Å²) >= 11 is 0. The number of hydrogen-bond acceptors (Lipinski definition) is 7. The van der Waals surface area contributed by atoms with Crippen LogP contribution >= 0.6 is 0 Å². The fourth-order valence-electron chi connectivity index (χ4n) is 3.90. The summed E-state index contributed by atoms with van der Waals surface area (Å²) in [6.45, 7) is 2.81. The normalized spacial score (nSPS) is 20.6. The third kappa shape index (κ3) is 3.68. The smallest absolute Gasteiger partial charge is 0.410 e. The molecule has 2 aromatic rings. The molecule has 0 aromatic carbocycles. The number of pyridine rings is 1. The first kappa shape index (κ1) is 17.5. The van der Waals surface area contributed by atoms with E-state index in [0.29, 0.717) is 24.8 Å². The van der Waals surface area contributed by atoms with Crippen LogP contribution in [0.4, 0.5) is 10.6 Å². The second-order valence-electron chi connectivity index (χ2n) is 7.90. The Labute approximate surface area is 163 Å². The lowest BCUT2D eigenvalue weighted by molar-refractivity contribution is 0.0638. The number of piperazine rings is 1. The lowest BCUT2D eigenvalue weighted by Crippen LogP contribution is -2.49. The Bertz CT molecular complexity index is 819. The Kier molecular flexibility index (Phi) is 4.62. The van der Waals surface area contributed by atoms with E-state index in [1.54, 1.807) is 6.20 Å². The van der Waals surface area contributed by atoms with Gasteiger partial charge in [0.25, 0.3) is 0 Å². The minimum Gasteiger partial charge on any atom is -0.446 e. The van der Waals surface area contributed by atoms with E-state index in [-0.39, 0.29) is 12.2 Å². The average molecular weight is 383 g/mol. The van der Waals surface area contributed by atoms with Gasteiger partial charge < -0.3 is 19.1 Å². The van der Waals surface area contributed by atoms with Gasteiger partial charge in [-0.05, 0) is 50.7 Å². The molecule has 8 heteroatoms. The molecule has 3 aliphatic rings. The quantitative estimate of drug-likeness (QED) is 0.801. The van der Waals surface area contributed by atoms with E-state index < -0.39 is 0 Å². The van der Waals surface area contributed by atoms with Crippen molar-refractivity contribution < 1.29 is 14.1 Å². The van der Waals surface area contributed by atoms with Crippen LogP contribution in [0.2, 0.25) is 0 Å². The third-order valence-electron chi connectivity index (χ3n) is 5.81. The summed E-state index contributed by atoms with van der Waals surface area (Å²) in [6.07, 6.45) is 8.35. The summed E-state index contributed by atoms with van der Waals surface area (Å²) in [5.41, 5.74) is 0.859. The lowest BCUT2D eigenvalue weighted by Gasteiger charge is -2.35. The molecule has 1 amide bonds. The topological polar surface area (TPSA) is 84.6 Å². The molecule has 0 radical (unpaired) electrons. The van der Waals surface area contributed by atoms with Crippen molar-refractivity contribution >= 4 is 11.9 Å². The number of nitrogens with zero attached hydrogens (tertiary/aromatic N) is 5. The number of hydrogen-bond donors (Lipinski definition) is 0. The van der Waals surface area contributed by atoms with Gasteiger partial charge in [0.05, 0.1) is 0 Å². The van der Waals surface area contributed by atoms with E-state index in [4.69, 9.17) is 9.26 Å². The zero-order valence-electron chi connectivity index (χ0n) is 15.9. The van der Waals surface area contributed by atoms with Crippen molar-refractivity contribution in [1.82, 2.24) is 20.0 Å². The number of amides is 1. The highest BCUT2D eigenvalue weighted by atomic mass is 16.6. The van der Waals surface area contributed by atoms with Gasteiger partial charge >= 0.3 is 6.09 Å². The maximum absolute atomic E-state index is 12.3. The highest BCUT2D eigenvalue weighted by Gasteiger charge is 2.30. The van der Waals surface area contributed by atoms with Gasteiger partial charge in [-0.2, -0.15) is 4.98 Å². The van der Waals surface area contributed by atoms with Gasteiger partial charge in [-0.3, -0.25) is 0 Å². The van der Waals surface area contributed by atoms with Crippen LogP contribution in [0.15, 0.2) is 22.9 Å². The van der Waals surface area contributed by atoms with Crippen molar-refractivity contribution in [3.8, 4) is 11.4 Å². The summed E-state index contributed by atoms with van der Waals surface area (Å²) in [4.78, 5) is 25.3. The number of ether oxygens (including phenoxy) is 1. The summed E-state index contributed by atoms with van der Waals surface area (Å²) in [5.74, 6) is 2.68. The Morgan fingerprint density at radius 3 is 2.54 bits per heavy atom. The molecule has 2 aliphatic carbocycles. The molecule has 148 valence electrons. The first-order chi connectivity index (χ1) is 13.8. The van der Waals surface area contributed by atoms with E-state index in [2.05, 4.69) is 20.0 Å². The van der Waals surface area contributed by atoms with Gasteiger partial charge in [-0.1, -0.05) is 5.16 Å². The van der Waals surface area contributed by atoms with Crippen molar-refractivity contribution in [3.63, 3.8) is 0 Å². The van der Waals surface area contributed by atoms with E-state index in [1.165, 1.54) is 12.8 Å². The molecular weight excluding hydrogens is 358 g/mol. The standard InChI is InChI=1S/C20H25N5O3/c26-20(27-16-3-1-2-4-16)25-11-9-24(10-12-25)17-8-7-15(13-21-17)18-22-19(28-23-18)14-5-6-14/h7-8,13-14,16H,1-6,9-12H2. The molecule has 0 bridgehead atoms. The lowest BCUT2D eigenvalue weighted by atomic mass is 10.2. The SMILES string of the molecule is O=C(OC1CCCC1)N1CCN(c2ccc(-c3noc(C4CC4)n3)cn2)CC1. The van der Waals surface area contributed by atoms with E-state index in [9.17, 15) is 4.79 Å². The molecule has 0 atom stereocenters. The molecule has 0 spiro atoms. The molecule has 5 rings (SSSR count). The average Bonchev–Trinajstić information content (AvgIpc) is 3.24. The zero-order valence-corrected chi connectivity index (χ0v) is 15.9. The molecular formula is C20H25N5O3. The molecule has 2 saturated carbocycles. The Morgan fingerprint density at radius 1 is 1.07 bits per heavy atom. The Hall–Kier alpha value is -2.64. The fourth-order valence-corrected chi connectivity index (χ4v) is 3.90. The van der Waals surface area contributed by atoms with Gasteiger partial charge in [-0.25, -0.2) is 9.78 Å². The molecule has 0 unspecified atom stereocenters. The predicted octanol–water partition coefficient (Wildman–Crippen LogP) is 3.21. The predicted molar refractivity (Wildman–Crippen MR) is 102 cm³/mol. The van der Waals surface area contributed by atoms with Crippen molar-refractivity contribution in [2.45, 2.75) is 50.5 Å². The number of carbonyl (C=O) groups excluding carboxylic acids is 1. The highest BCUT2D eigenvalue weighted by molar-refractivity contribution is 5.68. The second-order valence-corrected chi connectivity index (χ2v) is 7.90. The highest BCUT2D eigenvalue weighted by Crippen LogP contribution is 2.39. The molecule has 1 aliphatic heterocycles. The van der Waals surface area contributed by atoms with Gasteiger partial charge in [0.2, 0.25) is 11.7 Å². The van der Waals surface area contributed by atoms with Crippen LogP contribution in [0.3, 0.4) is 0 Å². The van der Waals surface area contributed by atoms with Crippen molar-refractivity contribution in [3.05, 3.63) is 24.2 Å². The van der Waals surface area contributed by atoms with E-state index in [1.807, 2.05) is 17.0 Å². The molecule has 0 N–H and O–H groups in total. The van der Waals surface area contributed by atoms with Crippen LogP contribution in [0.5, 0.6) is 0 Å². The Balaban J connectivity index is 1.16. The minimum atomic E-state index is -0.168. The third-order valence-corrected chi connectivity index (χ3v) is 5.81. The zero-order chi connectivity index (χ0) is 18.9. The summed E-state index contributed by atoms with van der Waals surface area (Å²) in [5, 5.41) is 4.06. The van der Waals surface area contributed by atoms with Crippen LogP contribution in [0.1, 0.15) is 50.3 Å². The Morgan fingerprint density at radius 2 is 1.86 bits per heavy atom. The molecule has 2 aromatic heterocycles. The van der Waals surface area contributed by atoms with Crippen LogP contribution < -0.4 is 4.90 Å². The first-order valence-electron chi connectivity index (χ1n) is 10.3. The van der Waals surface area contributed by atoms with Gasteiger partial charge in [0, 0.05) is 43.9 Å². The second kappa shape index (κ2) is 7.41. The van der Waals surface area contributed by atoms with Crippen LogP contribution in [0, 0.1) is 0 Å². The number of rotatable bonds is 4. The van der Waals surface area contributed by atoms with Crippen molar-refractivity contribution in [2.24, 2.45) is 0 Å². The molecule has 28 heavy (non-hydrogen) atoms. The van der Waals surface area contributed by atoms with Crippen molar-refractivity contribution in [1.29, 1.82) is 0 Å². The van der Waals surface area contributed by atoms with E-state index >= 15 is 0 Å². The maximum Gasteiger partial charge on any atom is 0.410 e. The minimum absolute atomic E-state index is 0.116. The number of anilines is 1. The molecule has 8 nitrogen and oxygen atoms in total. The monoisotopic (exact) mass is 383 g/mol. The number of carbonyl (C=O) groups is 1. The van der Waals surface area contributed by atoms with Crippen LogP contribution in [-0.2, 0) is 4.74 Å². The first-order valence-corrected chi connectivity index (χ1v) is 10.3.